The van der Waals surface area contributed by atoms with Crippen LogP contribution in [0.15, 0.2) is 30.7 Å². The molecule has 1 amide bonds. The van der Waals surface area contributed by atoms with Crippen LogP contribution in [0.4, 0.5) is 5.69 Å². The van der Waals surface area contributed by atoms with Crippen molar-refractivity contribution in [3.63, 3.8) is 0 Å². The third kappa shape index (κ3) is 3.39. The first-order valence-electron chi connectivity index (χ1n) is 6.63. The number of hydrogen-bond acceptors (Lipinski definition) is 4. The predicted octanol–water partition coefficient (Wildman–Crippen LogP) is 2.46. The van der Waals surface area contributed by atoms with E-state index in [9.17, 15) is 4.79 Å². The van der Waals surface area contributed by atoms with Crippen LogP contribution in [0.25, 0.3) is 5.69 Å². The maximum Gasteiger partial charge on any atom is 0.227 e. The molecule has 0 aliphatic rings. The van der Waals surface area contributed by atoms with Crippen LogP contribution in [-0.2, 0) is 17.4 Å². The van der Waals surface area contributed by atoms with E-state index in [1.807, 2.05) is 26.0 Å². The van der Waals surface area contributed by atoms with Gasteiger partial charge in [0.25, 0.3) is 0 Å². The van der Waals surface area contributed by atoms with Crippen molar-refractivity contribution in [1.29, 1.82) is 0 Å². The first kappa shape index (κ1) is 15.9. The second-order valence-electron chi connectivity index (χ2n) is 4.61. The molecular formula is C14H16ClN4OS-. The van der Waals surface area contributed by atoms with Crippen LogP contribution in [0.1, 0.15) is 13.8 Å². The van der Waals surface area contributed by atoms with Crippen molar-refractivity contribution in [2.75, 3.05) is 17.2 Å². The van der Waals surface area contributed by atoms with E-state index in [0.717, 1.165) is 5.69 Å². The molecule has 2 heterocycles. The largest absolute Gasteiger partial charge is 0.792 e. The van der Waals surface area contributed by atoms with E-state index in [-0.39, 0.29) is 17.0 Å². The van der Waals surface area contributed by atoms with Crippen LogP contribution in [0.5, 0.6) is 0 Å². The Morgan fingerprint density at radius 1 is 1.57 bits per heavy atom. The van der Waals surface area contributed by atoms with Gasteiger partial charge in [-0.1, -0.05) is 18.5 Å². The Morgan fingerprint density at radius 3 is 2.90 bits per heavy atom. The molecule has 0 fully saturated rings. The predicted molar refractivity (Wildman–Crippen MR) is 85.8 cm³/mol. The topological polar surface area (TPSA) is 51.0 Å². The van der Waals surface area contributed by atoms with Crippen LogP contribution in [0.3, 0.4) is 0 Å². The fourth-order valence-electron chi connectivity index (χ4n) is 1.93. The molecule has 7 heteroatoms. The quantitative estimate of drug-likeness (QED) is 0.793. The number of aromatic nitrogens is 3. The zero-order valence-corrected chi connectivity index (χ0v) is 13.4. The SMILES string of the molecule is CCN(C(=O)C(C)C[S-])c1cn(-c2cccnc2)nc1Cl. The molecule has 0 aliphatic heterocycles. The van der Waals surface area contributed by atoms with Crippen LogP contribution in [0.2, 0.25) is 5.15 Å². The Morgan fingerprint density at radius 2 is 2.33 bits per heavy atom. The molecule has 0 radical (unpaired) electrons. The molecule has 0 aromatic carbocycles. The van der Waals surface area contributed by atoms with E-state index < -0.39 is 0 Å². The van der Waals surface area contributed by atoms with Gasteiger partial charge in [0.05, 0.1) is 18.1 Å². The van der Waals surface area contributed by atoms with Gasteiger partial charge in [0, 0.05) is 18.7 Å². The average Bonchev–Trinajstić information content (AvgIpc) is 2.90. The van der Waals surface area contributed by atoms with E-state index in [2.05, 4.69) is 10.1 Å². The number of rotatable bonds is 5. The molecule has 0 spiro atoms. The van der Waals surface area contributed by atoms with Crippen molar-refractivity contribution < 1.29 is 4.79 Å². The average molecular weight is 324 g/mol. The van der Waals surface area contributed by atoms with Gasteiger partial charge in [-0.25, -0.2) is 4.68 Å². The van der Waals surface area contributed by atoms with Crippen molar-refractivity contribution >= 4 is 35.8 Å². The van der Waals surface area contributed by atoms with Gasteiger partial charge in [-0.2, -0.15) is 10.9 Å². The number of carbonyl (C=O) groups is 1. The molecular weight excluding hydrogens is 308 g/mol. The lowest BCUT2D eigenvalue weighted by Crippen LogP contribution is -2.36. The standard InChI is InChI=1S/C14H17ClN4OS/c1-3-18(14(20)10(2)9-21)12-8-19(17-13(12)15)11-5-4-6-16-7-11/h4-8,10,21H,3,9H2,1-2H3/p-1. The summed E-state index contributed by atoms with van der Waals surface area (Å²) in [6, 6.07) is 3.68. The summed E-state index contributed by atoms with van der Waals surface area (Å²) in [6.45, 7) is 4.22. The second kappa shape index (κ2) is 6.95. The Hall–Kier alpha value is -1.53. The minimum atomic E-state index is -0.224. The van der Waals surface area contributed by atoms with Gasteiger partial charge in [0.1, 0.15) is 5.69 Å². The summed E-state index contributed by atoms with van der Waals surface area (Å²) in [7, 11) is 0. The molecule has 0 saturated carbocycles. The first-order chi connectivity index (χ1) is 10.1. The number of hydrogen-bond donors (Lipinski definition) is 0. The molecule has 0 aliphatic carbocycles. The highest BCUT2D eigenvalue weighted by molar-refractivity contribution is 7.58. The van der Waals surface area contributed by atoms with Crippen molar-refractivity contribution in [2.24, 2.45) is 5.92 Å². The van der Waals surface area contributed by atoms with Gasteiger partial charge in [-0.15, -0.1) is 0 Å². The Bertz CT molecular complexity index is 617. The minimum Gasteiger partial charge on any atom is -0.792 e. The summed E-state index contributed by atoms with van der Waals surface area (Å²) in [6.07, 6.45) is 5.09. The fraction of sp³-hybridized carbons (Fsp3) is 0.357. The smallest absolute Gasteiger partial charge is 0.227 e. The summed E-state index contributed by atoms with van der Waals surface area (Å²) in [5.74, 6) is 0.113. The summed E-state index contributed by atoms with van der Waals surface area (Å²) >= 11 is 11.2. The highest BCUT2D eigenvalue weighted by Crippen LogP contribution is 2.27. The number of carbonyl (C=O) groups excluding carboxylic acids is 1. The molecule has 5 nitrogen and oxygen atoms in total. The summed E-state index contributed by atoms with van der Waals surface area (Å²) in [4.78, 5) is 18.0. The maximum absolute atomic E-state index is 12.4. The zero-order chi connectivity index (χ0) is 15.4. The van der Waals surface area contributed by atoms with E-state index in [0.29, 0.717) is 18.0 Å². The molecule has 0 saturated heterocycles. The van der Waals surface area contributed by atoms with Gasteiger partial charge in [-0.3, -0.25) is 9.78 Å². The van der Waals surface area contributed by atoms with Crippen molar-refractivity contribution in [2.45, 2.75) is 13.8 Å². The van der Waals surface area contributed by atoms with E-state index in [1.54, 1.807) is 28.2 Å². The maximum atomic E-state index is 12.4. The number of amides is 1. The summed E-state index contributed by atoms with van der Waals surface area (Å²) in [5, 5.41) is 4.52. The lowest BCUT2D eigenvalue weighted by atomic mass is 10.2. The number of anilines is 1. The molecule has 2 aromatic heterocycles. The number of nitrogens with zero attached hydrogens (tertiary/aromatic N) is 4. The van der Waals surface area contributed by atoms with Gasteiger partial charge in [-0.05, 0) is 19.1 Å². The van der Waals surface area contributed by atoms with Crippen molar-refractivity contribution in [3.05, 3.63) is 35.9 Å². The highest BCUT2D eigenvalue weighted by atomic mass is 35.5. The Kier molecular flexibility index (Phi) is 5.25. The molecule has 1 unspecified atom stereocenters. The van der Waals surface area contributed by atoms with Gasteiger partial charge in [0.2, 0.25) is 5.91 Å². The number of halogens is 1. The van der Waals surface area contributed by atoms with Crippen molar-refractivity contribution in [3.8, 4) is 5.69 Å². The normalized spacial score (nSPS) is 12.2. The first-order valence-corrected chi connectivity index (χ1v) is 7.59. The van der Waals surface area contributed by atoms with Gasteiger partial charge >= 0.3 is 0 Å². The lowest BCUT2D eigenvalue weighted by Gasteiger charge is -2.24. The molecule has 0 bridgehead atoms. The molecule has 112 valence electrons. The van der Waals surface area contributed by atoms with Crippen LogP contribution >= 0.6 is 11.6 Å². The lowest BCUT2D eigenvalue weighted by molar-refractivity contribution is -0.121. The monoisotopic (exact) mass is 323 g/mol. The van der Waals surface area contributed by atoms with E-state index in [1.165, 1.54) is 0 Å². The molecule has 1 atom stereocenters. The zero-order valence-electron chi connectivity index (χ0n) is 11.9. The Labute approximate surface area is 134 Å². The molecule has 0 N–H and O–H groups in total. The van der Waals surface area contributed by atoms with Crippen LogP contribution in [0, 0.1) is 5.92 Å². The molecule has 2 rings (SSSR count). The highest BCUT2D eigenvalue weighted by Gasteiger charge is 2.22. The molecule has 2 aromatic rings. The summed E-state index contributed by atoms with van der Waals surface area (Å²) in [5.41, 5.74) is 1.37. The third-order valence-electron chi connectivity index (χ3n) is 3.11. The number of pyridine rings is 1. The van der Waals surface area contributed by atoms with Crippen LogP contribution < -0.4 is 4.90 Å². The van der Waals surface area contributed by atoms with Gasteiger partial charge in [0.15, 0.2) is 5.15 Å². The fourth-order valence-corrected chi connectivity index (χ4v) is 2.30. The van der Waals surface area contributed by atoms with Crippen LogP contribution in [-0.4, -0.2) is 33.0 Å². The minimum absolute atomic E-state index is 0.0415. The molecule has 21 heavy (non-hydrogen) atoms. The second-order valence-corrected chi connectivity index (χ2v) is 5.30. The Balaban J connectivity index is 2.35. The third-order valence-corrected chi connectivity index (χ3v) is 3.88. The summed E-state index contributed by atoms with van der Waals surface area (Å²) < 4.78 is 1.61. The van der Waals surface area contributed by atoms with E-state index in [4.69, 9.17) is 24.2 Å². The van der Waals surface area contributed by atoms with E-state index >= 15 is 0 Å². The van der Waals surface area contributed by atoms with Gasteiger partial charge < -0.3 is 17.5 Å². The van der Waals surface area contributed by atoms with Crippen molar-refractivity contribution in [1.82, 2.24) is 14.8 Å².